The molecule has 6 heteroatoms. The second-order valence-electron chi connectivity index (χ2n) is 5.41. The number of nitrogens with one attached hydrogen (secondary N) is 1. The number of nitrogens with two attached hydrogens (primary N) is 1. The Morgan fingerprint density at radius 3 is 2.71 bits per heavy atom. The molecule has 0 bridgehead atoms. The number of amides is 2. The van der Waals surface area contributed by atoms with Crippen molar-refractivity contribution in [3.05, 3.63) is 29.8 Å². The van der Waals surface area contributed by atoms with Crippen LogP contribution in [0.25, 0.3) is 0 Å². The summed E-state index contributed by atoms with van der Waals surface area (Å²) in [6.07, 6.45) is 0.952. The van der Waals surface area contributed by atoms with Crippen LogP contribution in [0.15, 0.2) is 24.3 Å². The van der Waals surface area contributed by atoms with Crippen molar-refractivity contribution in [3.63, 3.8) is 0 Å². The van der Waals surface area contributed by atoms with Gasteiger partial charge >= 0.3 is 0 Å². The SMILES string of the molecule is CC(=O)Nc1cccc(C(=O)N2CC(CN)CC2C)c1.Cl. The molecule has 1 saturated heterocycles. The average molecular weight is 312 g/mol. The molecule has 2 unspecified atom stereocenters. The fraction of sp³-hybridized carbons (Fsp3) is 0.467. The van der Waals surface area contributed by atoms with Gasteiger partial charge in [-0.1, -0.05) is 6.07 Å². The molecule has 1 heterocycles. The van der Waals surface area contributed by atoms with Gasteiger partial charge in [0.05, 0.1) is 0 Å². The molecule has 2 amide bonds. The predicted octanol–water partition coefficient (Wildman–Crippen LogP) is 1.88. The summed E-state index contributed by atoms with van der Waals surface area (Å²) >= 11 is 0. The number of carbonyl (C=O) groups is 2. The topological polar surface area (TPSA) is 75.4 Å². The Kier molecular flexibility index (Phi) is 6.18. The highest BCUT2D eigenvalue weighted by atomic mass is 35.5. The van der Waals surface area contributed by atoms with E-state index in [4.69, 9.17) is 5.73 Å². The highest BCUT2D eigenvalue weighted by molar-refractivity contribution is 5.97. The largest absolute Gasteiger partial charge is 0.336 e. The molecule has 2 atom stereocenters. The van der Waals surface area contributed by atoms with Gasteiger partial charge in [0.2, 0.25) is 5.91 Å². The van der Waals surface area contributed by atoms with Crippen molar-refractivity contribution in [1.82, 2.24) is 4.90 Å². The summed E-state index contributed by atoms with van der Waals surface area (Å²) in [4.78, 5) is 25.5. The van der Waals surface area contributed by atoms with Gasteiger partial charge in [0.15, 0.2) is 0 Å². The lowest BCUT2D eigenvalue weighted by atomic mass is 10.1. The van der Waals surface area contributed by atoms with Crippen LogP contribution in [0.5, 0.6) is 0 Å². The summed E-state index contributed by atoms with van der Waals surface area (Å²) in [6, 6.07) is 7.25. The minimum atomic E-state index is -0.146. The summed E-state index contributed by atoms with van der Waals surface area (Å²) in [7, 11) is 0. The highest BCUT2D eigenvalue weighted by Crippen LogP contribution is 2.24. The predicted molar refractivity (Wildman–Crippen MR) is 85.7 cm³/mol. The van der Waals surface area contributed by atoms with Crippen molar-refractivity contribution in [2.45, 2.75) is 26.3 Å². The average Bonchev–Trinajstić information content (AvgIpc) is 2.79. The first-order chi connectivity index (χ1) is 9.51. The van der Waals surface area contributed by atoms with Crippen LogP contribution in [-0.2, 0) is 4.79 Å². The van der Waals surface area contributed by atoms with Crippen LogP contribution >= 0.6 is 12.4 Å². The molecule has 5 nitrogen and oxygen atoms in total. The number of anilines is 1. The van der Waals surface area contributed by atoms with E-state index in [2.05, 4.69) is 5.32 Å². The maximum Gasteiger partial charge on any atom is 0.254 e. The van der Waals surface area contributed by atoms with Crippen LogP contribution in [0.4, 0.5) is 5.69 Å². The van der Waals surface area contributed by atoms with Gasteiger partial charge in [-0.15, -0.1) is 12.4 Å². The van der Waals surface area contributed by atoms with Crippen molar-refractivity contribution < 1.29 is 9.59 Å². The maximum absolute atomic E-state index is 12.5. The Balaban J connectivity index is 0.00000220. The molecular formula is C15H22ClN3O2. The monoisotopic (exact) mass is 311 g/mol. The Bertz CT molecular complexity index is 521. The van der Waals surface area contributed by atoms with Gasteiger partial charge in [0, 0.05) is 30.8 Å². The quantitative estimate of drug-likeness (QED) is 0.895. The molecule has 0 spiro atoms. The van der Waals surface area contributed by atoms with Crippen molar-refractivity contribution in [2.24, 2.45) is 11.7 Å². The van der Waals surface area contributed by atoms with Gasteiger partial charge < -0.3 is 16.0 Å². The zero-order valence-electron chi connectivity index (χ0n) is 12.3. The first kappa shape index (κ1) is 17.5. The van der Waals surface area contributed by atoms with Crippen LogP contribution < -0.4 is 11.1 Å². The number of nitrogens with zero attached hydrogens (tertiary/aromatic N) is 1. The van der Waals surface area contributed by atoms with Gasteiger partial charge in [-0.05, 0) is 44.0 Å². The molecule has 2 rings (SSSR count). The van der Waals surface area contributed by atoms with Crippen LogP contribution in [0.1, 0.15) is 30.6 Å². The Labute approximate surface area is 131 Å². The van der Waals surface area contributed by atoms with Gasteiger partial charge in [0.1, 0.15) is 0 Å². The lowest BCUT2D eigenvalue weighted by Gasteiger charge is -2.21. The van der Waals surface area contributed by atoms with Crippen molar-refractivity contribution in [2.75, 3.05) is 18.4 Å². The van der Waals surface area contributed by atoms with Crippen LogP contribution in [-0.4, -0.2) is 35.8 Å². The molecule has 3 N–H and O–H groups in total. The summed E-state index contributed by atoms with van der Waals surface area (Å²) < 4.78 is 0. The minimum absolute atomic E-state index is 0. The molecule has 0 aromatic heterocycles. The van der Waals surface area contributed by atoms with E-state index in [0.717, 1.165) is 6.42 Å². The summed E-state index contributed by atoms with van der Waals surface area (Å²) in [5.41, 5.74) is 6.93. The third-order valence-corrected chi connectivity index (χ3v) is 3.69. The zero-order chi connectivity index (χ0) is 14.7. The van der Waals surface area contributed by atoms with Crippen molar-refractivity contribution in [3.8, 4) is 0 Å². The van der Waals surface area contributed by atoms with Crippen LogP contribution in [0.3, 0.4) is 0 Å². The van der Waals surface area contributed by atoms with Gasteiger partial charge in [-0.25, -0.2) is 0 Å². The van der Waals surface area contributed by atoms with Crippen LogP contribution in [0, 0.1) is 5.92 Å². The van der Waals surface area contributed by atoms with E-state index in [1.54, 1.807) is 24.3 Å². The molecule has 0 radical (unpaired) electrons. The number of likely N-dealkylation sites (tertiary alicyclic amines) is 1. The summed E-state index contributed by atoms with van der Waals surface area (Å²) in [5.74, 6) is 0.237. The zero-order valence-corrected chi connectivity index (χ0v) is 13.2. The fourth-order valence-electron chi connectivity index (χ4n) is 2.70. The van der Waals surface area contributed by atoms with Gasteiger partial charge in [-0.3, -0.25) is 9.59 Å². The molecular weight excluding hydrogens is 290 g/mol. The second kappa shape index (κ2) is 7.43. The first-order valence-corrected chi connectivity index (χ1v) is 6.90. The van der Waals surface area contributed by atoms with E-state index in [1.807, 2.05) is 11.8 Å². The standard InChI is InChI=1S/C15H21N3O2.ClH/c1-10-6-12(8-16)9-18(10)15(20)13-4-3-5-14(7-13)17-11(2)19;/h3-5,7,10,12H,6,8-9,16H2,1-2H3,(H,17,19);1H. The fourth-order valence-corrected chi connectivity index (χ4v) is 2.70. The molecule has 1 aromatic rings. The Hall–Kier alpha value is -1.59. The molecule has 1 aliphatic heterocycles. The van der Waals surface area contributed by atoms with E-state index < -0.39 is 0 Å². The third-order valence-electron chi connectivity index (χ3n) is 3.69. The van der Waals surface area contributed by atoms with Gasteiger partial charge in [-0.2, -0.15) is 0 Å². The highest BCUT2D eigenvalue weighted by Gasteiger charge is 2.32. The van der Waals surface area contributed by atoms with E-state index in [-0.39, 0.29) is 30.3 Å². The number of halogens is 1. The molecule has 0 aliphatic carbocycles. The first-order valence-electron chi connectivity index (χ1n) is 6.90. The Morgan fingerprint density at radius 2 is 2.14 bits per heavy atom. The van der Waals surface area contributed by atoms with Gasteiger partial charge in [0.25, 0.3) is 5.91 Å². The molecule has 0 saturated carbocycles. The van der Waals surface area contributed by atoms with E-state index in [0.29, 0.717) is 30.3 Å². The summed E-state index contributed by atoms with van der Waals surface area (Å²) in [5, 5.41) is 2.69. The molecule has 1 fully saturated rings. The smallest absolute Gasteiger partial charge is 0.254 e. The number of hydrogen-bond acceptors (Lipinski definition) is 3. The molecule has 1 aromatic carbocycles. The number of carbonyl (C=O) groups excluding carboxylic acids is 2. The van der Waals surface area contributed by atoms with E-state index in [9.17, 15) is 9.59 Å². The number of hydrogen-bond donors (Lipinski definition) is 2. The molecule has 1 aliphatic rings. The lowest BCUT2D eigenvalue weighted by molar-refractivity contribution is -0.114. The normalized spacial score (nSPS) is 20.8. The lowest BCUT2D eigenvalue weighted by Crippen LogP contribution is -2.34. The number of rotatable bonds is 3. The van der Waals surface area contributed by atoms with Crippen LogP contribution in [0.2, 0.25) is 0 Å². The number of benzene rings is 1. The van der Waals surface area contributed by atoms with E-state index >= 15 is 0 Å². The second-order valence-corrected chi connectivity index (χ2v) is 5.41. The van der Waals surface area contributed by atoms with E-state index in [1.165, 1.54) is 6.92 Å². The van der Waals surface area contributed by atoms with Crippen molar-refractivity contribution >= 4 is 29.9 Å². The minimum Gasteiger partial charge on any atom is -0.336 e. The Morgan fingerprint density at radius 1 is 1.43 bits per heavy atom. The molecule has 21 heavy (non-hydrogen) atoms. The summed E-state index contributed by atoms with van der Waals surface area (Å²) in [6.45, 7) is 4.81. The maximum atomic E-state index is 12.5. The molecule has 116 valence electrons. The third kappa shape index (κ3) is 4.19. The van der Waals surface area contributed by atoms with Crippen molar-refractivity contribution in [1.29, 1.82) is 0 Å².